The molecule has 0 unspecified atom stereocenters. The molecule has 0 aliphatic carbocycles. The average molecular weight is 217 g/mol. The summed E-state index contributed by atoms with van der Waals surface area (Å²) < 4.78 is 5.43. The molecule has 0 fully saturated rings. The lowest BCUT2D eigenvalue weighted by atomic mass is 10.2. The molecule has 1 rings (SSSR count). The van der Waals surface area contributed by atoms with Gasteiger partial charge in [-0.25, -0.2) is 0 Å². The second-order valence-corrected chi connectivity index (χ2v) is 3.57. The second-order valence-electron chi connectivity index (χ2n) is 3.57. The van der Waals surface area contributed by atoms with E-state index in [2.05, 4.69) is 18.8 Å². The van der Waals surface area contributed by atoms with Gasteiger partial charge in [-0.3, -0.25) is 0 Å². The van der Waals surface area contributed by atoms with Crippen molar-refractivity contribution in [2.24, 2.45) is 5.73 Å². The van der Waals surface area contributed by atoms with Crippen molar-refractivity contribution < 1.29 is 4.74 Å². The van der Waals surface area contributed by atoms with Crippen molar-refractivity contribution >= 4 is 0 Å². The number of hydrogen-bond donors (Lipinski definition) is 1. The van der Waals surface area contributed by atoms with Gasteiger partial charge in [0.15, 0.2) is 0 Å². The van der Waals surface area contributed by atoms with Gasteiger partial charge in [-0.1, -0.05) is 31.3 Å². The van der Waals surface area contributed by atoms with Crippen molar-refractivity contribution in [2.45, 2.75) is 26.2 Å². The fourth-order valence-electron chi connectivity index (χ4n) is 1.27. The maximum atomic E-state index is 5.43. The molecule has 0 saturated carbocycles. The molecule has 16 heavy (non-hydrogen) atoms. The molecule has 2 heteroatoms. The molecule has 0 saturated heterocycles. The summed E-state index contributed by atoms with van der Waals surface area (Å²) in [6, 6.07) is 7.82. The van der Waals surface area contributed by atoms with E-state index >= 15 is 0 Å². The molecule has 2 nitrogen and oxygen atoms in total. The Hall–Kier alpha value is -1.46. The van der Waals surface area contributed by atoms with Gasteiger partial charge in [0.1, 0.15) is 12.4 Å². The van der Waals surface area contributed by atoms with E-state index < -0.39 is 0 Å². The highest BCUT2D eigenvalue weighted by Crippen LogP contribution is 2.12. The van der Waals surface area contributed by atoms with E-state index in [-0.39, 0.29) is 0 Å². The van der Waals surface area contributed by atoms with E-state index in [1.165, 1.54) is 6.42 Å². The molecule has 0 aromatic heterocycles. The van der Waals surface area contributed by atoms with Crippen LogP contribution in [0.1, 0.15) is 31.7 Å². The van der Waals surface area contributed by atoms with Gasteiger partial charge in [0.05, 0.1) is 0 Å². The monoisotopic (exact) mass is 217 g/mol. The van der Waals surface area contributed by atoms with E-state index in [0.29, 0.717) is 13.2 Å². The van der Waals surface area contributed by atoms with E-state index in [1.54, 1.807) is 0 Å². The Morgan fingerprint density at radius 1 is 1.38 bits per heavy atom. The van der Waals surface area contributed by atoms with E-state index in [1.807, 2.05) is 24.3 Å². The van der Waals surface area contributed by atoms with Crippen LogP contribution >= 0.6 is 0 Å². The standard InChI is InChI=1S/C14H19NO/c1-2-3-4-5-7-13-8-6-9-14(12-13)16-11-10-15/h6,8-9,12H,2-4,10-11,15H2,1H3. The lowest BCUT2D eigenvalue weighted by Gasteiger charge is -2.03. The van der Waals surface area contributed by atoms with Crippen LogP contribution in [0.2, 0.25) is 0 Å². The quantitative estimate of drug-likeness (QED) is 0.607. The summed E-state index contributed by atoms with van der Waals surface area (Å²) in [5.74, 6) is 7.13. The number of hydrogen-bond acceptors (Lipinski definition) is 2. The highest BCUT2D eigenvalue weighted by Gasteiger charge is 1.93. The zero-order valence-corrected chi connectivity index (χ0v) is 9.83. The van der Waals surface area contributed by atoms with Gasteiger partial charge in [0.25, 0.3) is 0 Å². The van der Waals surface area contributed by atoms with Crippen molar-refractivity contribution in [1.29, 1.82) is 0 Å². The lowest BCUT2D eigenvalue weighted by Crippen LogP contribution is -2.10. The van der Waals surface area contributed by atoms with Crippen LogP contribution in [0.15, 0.2) is 24.3 Å². The zero-order chi connectivity index (χ0) is 11.6. The summed E-state index contributed by atoms with van der Waals surface area (Å²) in [6.45, 7) is 3.25. The molecule has 86 valence electrons. The molecule has 0 radical (unpaired) electrons. The van der Waals surface area contributed by atoms with Crippen LogP contribution in [0.25, 0.3) is 0 Å². The molecule has 1 aromatic carbocycles. The number of ether oxygens (including phenoxy) is 1. The number of benzene rings is 1. The first kappa shape index (κ1) is 12.6. The molecule has 0 atom stereocenters. The normalized spacial score (nSPS) is 9.38. The van der Waals surface area contributed by atoms with Crippen LogP contribution in [0.3, 0.4) is 0 Å². The first-order chi connectivity index (χ1) is 7.86. The van der Waals surface area contributed by atoms with Crippen molar-refractivity contribution in [1.82, 2.24) is 0 Å². The topological polar surface area (TPSA) is 35.2 Å². The molecule has 0 aliphatic heterocycles. The van der Waals surface area contributed by atoms with Crippen molar-refractivity contribution in [3.05, 3.63) is 29.8 Å². The summed E-state index contributed by atoms with van der Waals surface area (Å²) in [6.07, 6.45) is 3.31. The zero-order valence-electron chi connectivity index (χ0n) is 9.83. The highest BCUT2D eigenvalue weighted by molar-refractivity contribution is 5.39. The van der Waals surface area contributed by atoms with Gasteiger partial charge >= 0.3 is 0 Å². The minimum Gasteiger partial charge on any atom is -0.492 e. The summed E-state index contributed by atoms with van der Waals surface area (Å²) in [7, 11) is 0. The Morgan fingerprint density at radius 3 is 3.00 bits per heavy atom. The smallest absolute Gasteiger partial charge is 0.120 e. The molecule has 0 heterocycles. The third-order valence-electron chi connectivity index (χ3n) is 2.11. The van der Waals surface area contributed by atoms with E-state index in [9.17, 15) is 0 Å². The summed E-state index contributed by atoms with van der Waals surface area (Å²) in [5, 5.41) is 0. The fraction of sp³-hybridized carbons (Fsp3) is 0.429. The van der Waals surface area contributed by atoms with Crippen LogP contribution < -0.4 is 10.5 Å². The van der Waals surface area contributed by atoms with Crippen molar-refractivity contribution in [2.75, 3.05) is 13.2 Å². The Morgan fingerprint density at radius 2 is 2.25 bits per heavy atom. The third-order valence-corrected chi connectivity index (χ3v) is 2.11. The van der Waals surface area contributed by atoms with Crippen molar-refractivity contribution in [3.8, 4) is 17.6 Å². The highest BCUT2D eigenvalue weighted by atomic mass is 16.5. The van der Waals surface area contributed by atoms with E-state index in [0.717, 1.165) is 24.2 Å². The number of nitrogens with two attached hydrogens (primary N) is 1. The van der Waals surface area contributed by atoms with Crippen LogP contribution in [0.5, 0.6) is 5.75 Å². The maximum absolute atomic E-state index is 5.43. The fourth-order valence-corrected chi connectivity index (χ4v) is 1.27. The van der Waals surface area contributed by atoms with Gasteiger partial charge in [0, 0.05) is 18.5 Å². The Bertz CT molecular complexity index is 362. The largest absolute Gasteiger partial charge is 0.492 e. The minimum atomic E-state index is 0.534. The molecular formula is C14H19NO. The molecule has 2 N–H and O–H groups in total. The Balaban J connectivity index is 2.55. The summed E-state index contributed by atoms with van der Waals surface area (Å²) in [4.78, 5) is 0. The molecule has 0 aliphatic rings. The van der Waals surface area contributed by atoms with Gasteiger partial charge < -0.3 is 10.5 Å². The third kappa shape index (κ3) is 4.86. The van der Waals surface area contributed by atoms with Crippen LogP contribution in [-0.4, -0.2) is 13.2 Å². The lowest BCUT2D eigenvalue weighted by molar-refractivity contribution is 0.328. The first-order valence-corrected chi connectivity index (χ1v) is 5.78. The number of unbranched alkanes of at least 4 members (excludes halogenated alkanes) is 2. The van der Waals surface area contributed by atoms with Gasteiger partial charge in [-0.05, 0) is 24.6 Å². The van der Waals surface area contributed by atoms with Crippen LogP contribution in [0, 0.1) is 11.8 Å². The molecule has 1 aromatic rings. The van der Waals surface area contributed by atoms with E-state index in [4.69, 9.17) is 10.5 Å². The second kappa shape index (κ2) is 7.78. The number of rotatable bonds is 5. The van der Waals surface area contributed by atoms with Gasteiger partial charge in [-0.2, -0.15) is 0 Å². The van der Waals surface area contributed by atoms with Crippen LogP contribution in [0.4, 0.5) is 0 Å². The molecule has 0 bridgehead atoms. The first-order valence-electron chi connectivity index (χ1n) is 5.78. The van der Waals surface area contributed by atoms with Crippen LogP contribution in [-0.2, 0) is 0 Å². The van der Waals surface area contributed by atoms with Crippen molar-refractivity contribution in [3.63, 3.8) is 0 Å². The summed E-state index contributed by atoms with van der Waals surface area (Å²) >= 11 is 0. The minimum absolute atomic E-state index is 0.534. The maximum Gasteiger partial charge on any atom is 0.120 e. The SMILES string of the molecule is CCCCC#Cc1cccc(OCCN)c1. The Kier molecular flexibility index (Phi) is 6.13. The predicted molar refractivity (Wildman–Crippen MR) is 67.4 cm³/mol. The molecule has 0 spiro atoms. The summed E-state index contributed by atoms with van der Waals surface area (Å²) in [5.41, 5.74) is 6.38. The molecule has 0 amide bonds. The molecular weight excluding hydrogens is 198 g/mol. The van der Waals surface area contributed by atoms with Gasteiger partial charge in [-0.15, -0.1) is 0 Å². The van der Waals surface area contributed by atoms with Gasteiger partial charge in [0.2, 0.25) is 0 Å². The average Bonchev–Trinajstić information content (AvgIpc) is 2.33. The Labute approximate surface area is 97.8 Å². The predicted octanol–water partition coefficient (Wildman–Crippen LogP) is 2.57.